The lowest BCUT2D eigenvalue weighted by atomic mass is 9.98. The fraction of sp³-hybridized carbons (Fsp3) is 0.231. The zero-order valence-electron chi connectivity index (χ0n) is 19.2. The molecule has 0 bridgehead atoms. The molecule has 1 unspecified atom stereocenters. The molecule has 8 nitrogen and oxygen atoms in total. The summed E-state index contributed by atoms with van der Waals surface area (Å²) in [6.45, 7) is 0.170. The van der Waals surface area contributed by atoms with E-state index in [1.165, 1.54) is 26.2 Å². The van der Waals surface area contributed by atoms with Gasteiger partial charge in [-0.25, -0.2) is 4.79 Å². The van der Waals surface area contributed by atoms with Gasteiger partial charge < -0.3 is 24.7 Å². The van der Waals surface area contributed by atoms with E-state index < -0.39 is 6.09 Å². The summed E-state index contributed by atoms with van der Waals surface area (Å²) in [4.78, 5) is 26.9. The molecule has 176 valence electrons. The summed E-state index contributed by atoms with van der Waals surface area (Å²) in [5.74, 6) is 1.25. The molecule has 1 saturated heterocycles. The van der Waals surface area contributed by atoms with Crippen LogP contribution in [0.25, 0.3) is 0 Å². The number of methoxy groups -OCH3 is 3. The van der Waals surface area contributed by atoms with E-state index in [0.29, 0.717) is 34.2 Å². The minimum atomic E-state index is -0.487. The number of nitrogens with two attached hydrogens (primary N) is 1. The first-order chi connectivity index (χ1) is 16.5. The van der Waals surface area contributed by atoms with E-state index in [4.69, 9.17) is 24.7 Å². The van der Waals surface area contributed by atoms with Crippen LogP contribution in [0.15, 0.2) is 60.7 Å². The fourth-order valence-electron chi connectivity index (χ4n) is 4.02. The number of ether oxygens (including phenoxy) is 4. The van der Waals surface area contributed by atoms with Crippen LogP contribution in [0.1, 0.15) is 27.5 Å². The zero-order chi connectivity index (χ0) is 24.2. The summed E-state index contributed by atoms with van der Waals surface area (Å²) in [6.07, 6.45) is -0.270. The monoisotopic (exact) mass is 462 g/mol. The van der Waals surface area contributed by atoms with Crippen LogP contribution in [-0.4, -0.2) is 39.8 Å². The molecule has 3 aromatic carbocycles. The van der Waals surface area contributed by atoms with Crippen molar-refractivity contribution in [3.8, 4) is 17.2 Å². The van der Waals surface area contributed by atoms with Crippen LogP contribution in [0.5, 0.6) is 17.2 Å². The first-order valence-electron chi connectivity index (χ1n) is 10.7. The van der Waals surface area contributed by atoms with E-state index in [-0.39, 0.29) is 24.9 Å². The van der Waals surface area contributed by atoms with Crippen molar-refractivity contribution in [2.24, 2.45) is 0 Å². The van der Waals surface area contributed by atoms with Crippen LogP contribution < -0.4 is 24.8 Å². The molecule has 8 heteroatoms. The summed E-state index contributed by atoms with van der Waals surface area (Å²) in [5.41, 5.74) is 9.29. The van der Waals surface area contributed by atoms with E-state index in [1.54, 1.807) is 30.3 Å². The number of amides is 1. The number of nitrogens with zero attached hydrogens (tertiary/aromatic N) is 1. The Labute approximate surface area is 197 Å². The van der Waals surface area contributed by atoms with Crippen molar-refractivity contribution in [2.75, 3.05) is 38.6 Å². The number of carbonyl (C=O) groups is 2. The normalized spacial score (nSPS) is 15.1. The predicted molar refractivity (Wildman–Crippen MR) is 128 cm³/mol. The quantitative estimate of drug-likeness (QED) is 0.391. The molecule has 4 rings (SSSR count). The molecule has 3 aromatic rings. The number of cyclic esters (lactones) is 1. The molecule has 0 radical (unpaired) electrons. The van der Waals surface area contributed by atoms with Crippen molar-refractivity contribution >= 4 is 23.3 Å². The summed E-state index contributed by atoms with van der Waals surface area (Å²) >= 11 is 0. The third-order valence-electron chi connectivity index (χ3n) is 5.82. The molecule has 1 aliphatic heterocycles. The Kier molecular flexibility index (Phi) is 6.58. The lowest BCUT2D eigenvalue weighted by Gasteiger charge is -2.24. The van der Waals surface area contributed by atoms with Crippen molar-refractivity contribution in [3.05, 3.63) is 77.4 Å². The first-order valence-corrected chi connectivity index (χ1v) is 10.7. The van der Waals surface area contributed by atoms with Crippen molar-refractivity contribution in [1.82, 2.24) is 0 Å². The summed E-state index contributed by atoms with van der Waals surface area (Å²) in [6, 6.07) is 17.5. The van der Waals surface area contributed by atoms with E-state index in [9.17, 15) is 9.59 Å². The van der Waals surface area contributed by atoms with Crippen LogP contribution in [0, 0.1) is 0 Å². The largest absolute Gasteiger partial charge is 0.493 e. The first kappa shape index (κ1) is 23.0. The van der Waals surface area contributed by atoms with E-state index in [2.05, 4.69) is 0 Å². The second kappa shape index (κ2) is 9.74. The van der Waals surface area contributed by atoms with Crippen LogP contribution in [0.3, 0.4) is 0 Å². The molecule has 1 fully saturated rings. The minimum absolute atomic E-state index is 0.0373. The molecule has 0 aromatic heterocycles. The van der Waals surface area contributed by atoms with Crippen LogP contribution in [0.4, 0.5) is 16.2 Å². The standard InChI is InChI=1S/C26H26N2O6/c1-31-23-13-19(14-24(32-2)25(23)33-3)28-21(15-34-26(28)30)16-8-10-17(11-9-16)22(29)12-18-6-4-5-7-20(18)27/h4-11,13-14,21H,12,15,27H2,1-3H3. The smallest absolute Gasteiger partial charge is 0.415 e. The summed E-state index contributed by atoms with van der Waals surface area (Å²) < 4.78 is 21.6. The Morgan fingerprint density at radius 3 is 2.24 bits per heavy atom. The molecular formula is C26H26N2O6. The Morgan fingerprint density at radius 2 is 1.65 bits per heavy atom. The number of Topliss-reactive ketones (excluding diaryl/α,β-unsaturated/α-hetero) is 1. The molecule has 1 heterocycles. The molecule has 2 N–H and O–H groups in total. The second-order valence-electron chi connectivity index (χ2n) is 7.77. The van der Waals surface area contributed by atoms with Gasteiger partial charge in [-0.3, -0.25) is 9.69 Å². The highest BCUT2D eigenvalue weighted by atomic mass is 16.6. The van der Waals surface area contributed by atoms with Gasteiger partial charge in [0.2, 0.25) is 5.75 Å². The van der Waals surface area contributed by atoms with Gasteiger partial charge in [-0.05, 0) is 17.2 Å². The SMILES string of the molecule is COc1cc(N2C(=O)OCC2c2ccc(C(=O)Cc3ccccc3N)cc2)cc(OC)c1OC. The van der Waals surface area contributed by atoms with Gasteiger partial charge in [-0.2, -0.15) is 0 Å². The van der Waals surface area contributed by atoms with Crippen molar-refractivity contribution in [3.63, 3.8) is 0 Å². The maximum Gasteiger partial charge on any atom is 0.415 e. The Morgan fingerprint density at radius 1 is 1.00 bits per heavy atom. The summed E-state index contributed by atoms with van der Waals surface area (Å²) in [7, 11) is 4.54. The Balaban J connectivity index is 1.60. The van der Waals surface area contributed by atoms with Crippen molar-refractivity contribution < 1.29 is 28.5 Å². The number of nitrogen functional groups attached to an aromatic ring is 1. The predicted octanol–water partition coefficient (Wildman–Crippen LogP) is 4.42. The lowest BCUT2D eigenvalue weighted by molar-refractivity contribution is 0.0993. The van der Waals surface area contributed by atoms with Crippen molar-refractivity contribution in [1.29, 1.82) is 0 Å². The molecule has 0 saturated carbocycles. The van der Waals surface area contributed by atoms with Gasteiger partial charge in [-0.15, -0.1) is 0 Å². The van der Waals surface area contributed by atoms with Crippen LogP contribution in [0.2, 0.25) is 0 Å². The molecule has 0 aliphatic carbocycles. The molecule has 1 atom stereocenters. The third-order valence-corrected chi connectivity index (χ3v) is 5.82. The zero-order valence-corrected chi connectivity index (χ0v) is 19.2. The number of hydrogen-bond donors (Lipinski definition) is 1. The van der Waals surface area contributed by atoms with Gasteiger partial charge in [0.1, 0.15) is 6.61 Å². The van der Waals surface area contributed by atoms with Crippen LogP contribution >= 0.6 is 0 Å². The Hall–Kier alpha value is -4.20. The highest BCUT2D eigenvalue weighted by Crippen LogP contribution is 2.44. The molecule has 1 aliphatic rings. The third kappa shape index (κ3) is 4.34. The average molecular weight is 463 g/mol. The number of anilines is 2. The molecule has 34 heavy (non-hydrogen) atoms. The highest BCUT2D eigenvalue weighted by Gasteiger charge is 2.36. The van der Waals surface area contributed by atoms with E-state index in [0.717, 1.165) is 11.1 Å². The number of ketones is 1. The Bertz CT molecular complexity index is 1180. The topological polar surface area (TPSA) is 100 Å². The van der Waals surface area contributed by atoms with E-state index in [1.807, 2.05) is 30.3 Å². The molecule has 1 amide bonds. The number of hydrogen-bond acceptors (Lipinski definition) is 7. The number of carbonyl (C=O) groups excluding carboxylic acids is 2. The maximum absolute atomic E-state index is 12.8. The number of para-hydroxylation sites is 1. The average Bonchev–Trinajstić information content (AvgIpc) is 3.25. The molecular weight excluding hydrogens is 436 g/mol. The number of benzene rings is 3. The van der Waals surface area contributed by atoms with Gasteiger partial charge in [0.15, 0.2) is 17.3 Å². The van der Waals surface area contributed by atoms with Gasteiger partial charge in [-0.1, -0.05) is 42.5 Å². The highest BCUT2D eigenvalue weighted by molar-refractivity contribution is 5.98. The van der Waals surface area contributed by atoms with Crippen molar-refractivity contribution in [2.45, 2.75) is 12.5 Å². The van der Waals surface area contributed by atoms with Gasteiger partial charge >= 0.3 is 6.09 Å². The van der Waals surface area contributed by atoms with Crippen LogP contribution in [-0.2, 0) is 11.2 Å². The summed E-state index contributed by atoms with van der Waals surface area (Å²) in [5, 5.41) is 0. The van der Waals surface area contributed by atoms with Gasteiger partial charge in [0.25, 0.3) is 0 Å². The minimum Gasteiger partial charge on any atom is -0.493 e. The van der Waals surface area contributed by atoms with Gasteiger partial charge in [0, 0.05) is 29.8 Å². The number of rotatable bonds is 8. The lowest BCUT2D eigenvalue weighted by Crippen LogP contribution is -2.27. The van der Waals surface area contributed by atoms with Gasteiger partial charge in [0.05, 0.1) is 33.1 Å². The second-order valence-corrected chi connectivity index (χ2v) is 7.77. The molecule has 0 spiro atoms. The van der Waals surface area contributed by atoms with E-state index >= 15 is 0 Å². The fourth-order valence-corrected chi connectivity index (χ4v) is 4.02. The maximum atomic E-state index is 12.8.